The predicted molar refractivity (Wildman–Crippen MR) is 31.7 cm³/mol. The summed E-state index contributed by atoms with van der Waals surface area (Å²) in [6.45, 7) is 3.58. The van der Waals surface area contributed by atoms with Crippen molar-refractivity contribution in [3.05, 3.63) is 12.7 Å². The van der Waals surface area contributed by atoms with Crippen molar-refractivity contribution in [1.29, 1.82) is 0 Å². The van der Waals surface area contributed by atoms with Crippen LogP contribution in [0.3, 0.4) is 0 Å². The molecule has 0 bridgehead atoms. The lowest BCUT2D eigenvalue weighted by atomic mass is 10.2. The summed E-state index contributed by atoms with van der Waals surface area (Å²) in [6, 6.07) is 0. The number of esters is 1. The van der Waals surface area contributed by atoms with E-state index in [9.17, 15) is 4.79 Å². The molecule has 2 heteroatoms. The first-order valence-electron chi connectivity index (χ1n) is 3.16. The first-order chi connectivity index (χ1) is 4.33. The van der Waals surface area contributed by atoms with Crippen LogP contribution in [0.4, 0.5) is 0 Å². The van der Waals surface area contributed by atoms with Gasteiger partial charge in [-0.2, -0.15) is 0 Å². The van der Waals surface area contributed by atoms with Crippen molar-refractivity contribution in [2.75, 3.05) is 0 Å². The van der Waals surface area contributed by atoms with Crippen LogP contribution in [0.1, 0.15) is 6.42 Å². The Balaban J connectivity index is 2.16. The number of cyclic esters (lactones) is 1. The summed E-state index contributed by atoms with van der Waals surface area (Å²) in [5.41, 5.74) is 0. The minimum absolute atomic E-state index is 0.0232. The highest BCUT2D eigenvalue weighted by Gasteiger charge is 2.55. The van der Waals surface area contributed by atoms with Crippen molar-refractivity contribution < 1.29 is 9.53 Å². The highest BCUT2D eigenvalue weighted by molar-refractivity contribution is 5.79. The minimum atomic E-state index is -0.0232. The Morgan fingerprint density at radius 2 is 2.56 bits per heavy atom. The number of fused-ring (bicyclic) bond motifs is 1. The molecule has 3 atom stereocenters. The average molecular weight is 124 g/mol. The molecule has 2 aliphatic rings. The largest absolute Gasteiger partial charge is 0.458 e. The van der Waals surface area contributed by atoms with E-state index < -0.39 is 0 Å². The molecule has 2 nitrogen and oxygen atoms in total. The summed E-state index contributed by atoms with van der Waals surface area (Å²) in [5.74, 6) is 0.688. The SMILES string of the molecule is C=C[C@@H]1OC(=O)[C@@H]2C[C@H]12. The van der Waals surface area contributed by atoms with Crippen molar-refractivity contribution in [1.82, 2.24) is 0 Å². The van der Waals surface area contributed by atoms with Gasteiger partial charge in [0.05, 0.1) is 5.92 Å². The van der Waals surface area contributed by atoms with E-state index >= 15 is 0 Å². The van der Waals surface area contributed by atoms with Gasteiger partial charge in [0.1, 0.15) is 6.10 Å². The van der Waals surface area contributed by atoms with Gasteiger partial charge in [-0.1, -0.05) is 12.7 Å². The van der Waals surface area contributed by atoms with Crippen LogP contribution in [0.2, 0.25) is 0 Å². The summed E-state index contributed by atoms with van der Waals surface area (Å²) < 4.78 is 4.92. The first-order valence-corrected chi connectivity index (χ1v) is 3.16. The molecule has 2 fully saturated rings. The molecule has 1 saturated carbocycles. The number of carbonyl (C=O) groups excluding carboxylic acids is 1. The van der Waals surface area contributed by atoms with Gasteiger partial charge in [-0.3, -0.25) is 4.79 Å². The molecule has 1 aliphatic carbocycles. The van der Waals surface area contributed by atoms with E-state index in [-0.39, 0.29) is 18.0 Å². The Labute approximate surface area is 53.5 Å². The third kappa shape index (κ3) is 0.530. The lowest BCUT2D eigenvalue weighted by Gasteiger charge is -2.03. The van der Waals surface area contributed by atoms with Crippen molar-refractivity contribution in [2.24, 2.45) is 11.8 Å². The Morgan fingerprint density at radius 3 is 2.78 bits per heavy atom. The lowest BCUT2D eigenvalue weighted by molar-refractivity contribution is -0.143. The highest BCUT2D eigenvalue weighted by Crippen LogP contribution is 2.49. The van der Waals surface area contributed by atoms with Gasteiger partial charge in [-0.05, 0) is 6.42 Å². The van der Waals surface area contributed by atoms with Crippen molar-refractivity contribution in [3.63, 3.8) is 0 Å². The van der Waals surface area contributed by atoms with Gasteiger partial charge in [0.2, 0.25) is 0 Å². The summed E-state index contributed by atoms with van der Waals surface area (Å²) in [6.07, 6.45) is 2.77. The predicted octanol–water partition coefficient (Wildman–Crippen LogP) is 0.734. The van der Waals surface area contributed by atoms with Gasteiger partial charge < -0.3 is 4.74 Å². The van der Waals surface area contributed by atoms with E-state index in [2.05, 4.69) is 6.58 Å². The van der Waals surface area contributed by atoms with E-state index in [0.717, 1.165) is 6.42 Å². The van der Waals surface area contributed by atoms with Crippen LogP contribution >= 0.6 is 0 Å². The summed E-state index contributed by atoms with van der Waals surface area (Å²) >= 11 is 0. The number of hydrogen-bond donors (Lipinski definition) is 0. The van der Waals surface area contributed by atoms with Crippen LogP contribution in [0.15, 0.2) is 12.7 Å². The molecule has 0 spiro atoms. The van der Waals surface area contributed by atoms with Crippen LogP contribution in [0.25, 0.3) is 0 Å². The number of ether oxygens (including phenoxy) is 1. The Hall–Kier alpha value is -0.790. The fourth-order valence-electron chi connectivity index (χ4n) is 1.38. The molecular formula is C7H8O2. The van der Waals surface area contributed by atoms with Gasteiger partial charge in [-0.25, -0.2) is 0 Å². The molecule has 0 aromatic rings. The van der Waals surface area contributed by atoms with E-state index in [4.69, 9.17) is 4.74 Å². The number of rotatable bonds is 1. The third-order valence-electron chi connectivity index (χ3n) is 2.05. The van der Waals surface area contributed by atoms with E-state index in [1.807, 2.05) is 0 Å². The maximum atomic E-state index is 10.7. The molecule has 1 aliphatic heterocycles. The summed E-state index contributed by atoms with van der Waals surface area (Å²) in [7, 11) is 0. The molecule has 1 saturated heterocycles. The van der Waals surface area contributed by atoms with Gasteiger partial charge in [0, 0.05) is 5.92 Å². The topological polar surface area (TPSA) is 26.3 Å². The molecule has 0 radical (unpaired) electrons. The first kappa shape index (κ1) is 5.03. The average Bonchev–Trinajstić information content (AvgIpc) is 2.56. The Kier molecular flexibility index (Phi) is 0.770. The maximum absolute atomic E-state index is 10.7. The van der Waals surface area contributed by atoms with E-state index in [1.165, 1.54) is 0 Å². The molecular weight excluding hydrogens is 116 g/mol. The third-order valence-corrected chi connectivity index (χ3v) is 2.05. The van der Waals surface area contributed by atoms with Crippen molar-refractivity contribution >= 4 is 5.97 Å². The molecule has 48 valence electrons. The molecule has 0 amide bonds. The molecule has 0 unspecified atom stereocenters. The van der Waals surface area contributed by atoms with Crippen molar-refractivity contribution in [3.8, 4) is 0 Å². The van der Waals surface area contributed by atoms with Crippen LogP contribution in [-0.4, -0.2) is 12.1 Å². The normalized spacial score (nSPS) is 45.8. The molecule has 0 aromatic heterocycles. The van der Waals surface area contributed by atoms with Gasteiger partial charge >= 0.3 is 5.97 Å². The van der Waals surface area contributed by atoms with E-state index in [1.54, 1.807) is 6.08 Å². The molecule has 9 heavy (non-hydrogen) atoms. The second kappa shape index (κ2) is 1.38. The molecule has 0 aromatic carbocycles. The quantitative estimate of drug-likeness (QED) is 0.380. The zero-order valence-corrected chi connectivity index (χ0v) is 5.04. The minimum Gasteiger partial charge on any atom is -0.458 e. The van der Waals surface area contributed by atoms with Crippen LogP contribution < -0.4 is 0 Å². The molecule has 0 N–H and O–H groups in total. The van der Waals surface area contributed by atoms with Crippen LogP contribution in [0, 0.1) is 11.8 Å². The van der Waals surface area contributed by atoms with Crippen LogP contribution in [0.5, 0.6) is 0 Å². The molecule has 1 heterocycles. The lowest BCUT2D eigenvalue weighted by Crippen LogP contribution is -2.08. The monoisotopic (exact) mass is 124 g/mol. The second-order valence-corrected chi connectivity index (χ2v) is 2.64. The number of carbonyl (C=O) groups is 1. The van der Waals surface area contributed by atoms with Crippen molar-refractivity contribution in [2.45, 2.75) is 12.5 Å². The molecule has 2 rings (SSSR count). The maximum Gasteiger partial charge on any atom is 0.309 e. The zero-order valence-electron chi connectivity index (χ0n) is 5.04. The standard InChI is InChI=1S/C7H8O2/c1-2-6-4-3-5(4)7(8)9-6/h2,4-6H,1,3H2/t4-,5+,6-/m0/s1. The zero-order chi connectivity index (χ0) is 6.43. The van der Waals surface area contributed by atoms with Crippen LogP contribution in [-0.2, 0) is 9.53 Å². The highest BCUT2D eigenvalue weighted by atomic mass is 16.6. The fourth-order valence-corrected chi connectivity index (χ4v) is 1.38. The Morgan fingerprint density at radius 1 is 1.78 bits per heavy atom. The van der Waals surface area contributed by atoms with E-state index in [0.29, 0.717) is 5.92 Å². The fraction of sp³-hybridized carbons (Fsp3) is 0.571. The smallest absolute Gasteiger partial charge is 0.309 e. The van der Waals surface area contributed by atoms with Gasteiger partial charge in [0.15, 0.2) is 0 Å². The number of hydrogen-bond acceptors (Lipinski definition) is 2. The Bertz CT molecular complexity index is 174. The van der Waals surface area contributed by atoms with Gasteiger partial charge in [0.25, 0.3) is 0 Å². The summed E-state index contributed by atoms with van der Waals surface area (Å²) in [5, 5.41) is 0. The second-order valence-electron chi connectivity index (χ2n) is 2.64. The van der Waals surface area contributed by atoms with Gasteiger partial charge in [-0.15, -0.1) is 0 Å². The summed E-state index contributed by atoms with van der Waals surface area (Å²) in [4.78, 5) is 10.7.